The summed E-state index contributed by atoms with van der Waals surface area (Å²) in [5.41, 5.74) is 6.23. The number of benzene rings is 1. The number of nitrogens with one attached hydrogen (secondary N) is 2. The van der Waals surface area contributed by atoms with Gasteiger partial charge in [0.15, 0.2) is 5.11 Å². The van der Waals surface area contributed by atoms with Crippen LogP contribution < -0.4 is 27.2 Å². The van der Waals surface area contributed by atoms with Gasteiger partial charge in [0.05, 0.1) is 6.54 Å². The molecule has 1 aliphatic carbocycles. The van der Waals surface area contributed by atoms with E-state index in [0.29, 0.717) is 11.2 Å². The number of aromatic nitrogens is 2. The molecule has 4 N–H and O–H groups in total. The maximum atomic E-state index is 12.4. The van der Waals surface area contributed by atoms with Gasteiger partial charge < -0.3 is 16.0 Å². The van der Waals surface area contributed by atoms with Crippen LogP contribution in [-0.4, -0.2) is 27.8 Å². The van der Waals surface area contributed by atoms with Crippen molar-refractivity contribution in [2.75, 3.05) is 17.7 Å². The van der Waals surface area contributed by atoms with E-state index in [0.717, 1.165) is 18.4 Å². The van der Waals surface area contributed by atoms with Gasteiger partial charge in [-0.3, -0.25) is 14.3 Å². The Hall–Kier alpha value is -2.61. The highest BCUT2D eigenvalue weighted by Crippen LogP contribution is 2.20. The van der Waals surface area contributed by atoms with Crippen molar-refractivity contribution < 1.29 is 0 Å². The number of thiocarbonyl (C=S) groups is 1. The van der Waals surface area contributed by atoms with Crippen molar-refractivity contribution in [1.82, 2.24) is 14.9 Å². The van der Waals surface area contributed by atoms with Crippen LogP contribution in [0.25, 0.3) is 0 Å². The minimum atomic E-state index is -0.544. The highest BCUT2D eigenvalue weighted by Gasteiger charge is 2.21. The predicted octanol–water partition coefficient (Wildman–Crippen LogP) is 1.81. The lowest BCUT2D eigenvalue weighted by atomic mass is 9.96. The van der Waals surface area contributed by atoms with Crippen molar-refractivity contribution in [1.29, 1.82) is 0 Å². The van der Waals surface area contributed by atoms with E-state index < -0.39 is 11.2 Å². The second kappa shape index (κ2) is 8.39. The molecule has 0 aliphatic heterocycles. The molecule has 1 fully saturated rings. The second-order valence-electron chi connectivity index (χ2n) is 6.91. The Kier molecular flexibility index (Phi) is 5.95. The molecule has 3 rings (SSSR count). The van der Waals surface area contributed by atoms with E-state index in [1.165, 1.54) is 23.8 Å². The zero-order valence-electron chi connectivity index (χ0n) is 15.4. The lowest BCUT2D eigenvalue weighted by Crippen LogP contribution is -2.47. The van der Waals surface area contributed by atoms with Crippen LogP contribution in [0.3, 0.4) is 0 Å². The van der Waals surface area contributed by atoms with Crippen molar-refractivity contribution in [2.24, 2.45) is 0 Å². The van der Waals surface area contributed by atoms with Gasteiger partial charge in [0.25, 0.3) is 5.56 Å². The summed E-state index contributed by atoms with van der Waals surface area (Å²) in [7, 11) is 1.69. The smallest absolute Gasteiger partial charge is 0.330 e. The molecule has 0 unspecified atom stereocenters. The summed E-state index contributed by atoms with van der Waals surface area (Å²) in [6, 6.07) is 9.78. The van der Waals surface area contributed by atoms with Gasteiger partial charge in [0, 0.05) is 13.1 Å². The molecule has 1 aliphatic rings. The van der Waals surface area contributed by atoms with E-state index >= 15 is 0 Å². The number of nitrogens with two attached hydrogens (primary N) is 1. The van der Waals surface area contributed by atoms with Gasteiger partial charge >= 0.3 is 5.69 Å². The summed E-state index contributed by atoms with van der Waals surface area (Å²) in [6.07, 6.45) is 5.72. The fourth-order valence-electron chi connectivity index (χ4n) is 3.44. The molecule has 1 aromatic heterocycles. The third kappa shape index (κ3) is 4.39. The normalized spacial score (nSPS) is 14.7. The number of anilines is 2. The molecular formula is C19H25N5O2S. The number of nitrogens with zero attached hydrogens (tertiary/aromatic N) is 2. The van der Waals surface area contributed by atoms with Crippen molar-refractivity contribution >= 4 is 28.8 Å². The minimum Gasteiger partial charge on any atom is -0.383 e. The third-order valence-corrected chi connectivity index (χ3v) is 5.36. The number of nitrogen functional groups attached to an aromatic ring is 1. The summed E-state index contributed by atoms with van der Waals surface area (Å²) >= 11 is 5.48. The van der Waals surface area contributed by atoms with E-state index in [2.05, 4.69) is 10.3 Å². The van der Waals surface area contributed by atoms with Crippen LogP contribution in [0.1, 0.15) is 37.7 Å². The average Bonchev–Trinajstić information content (AvgIpc) is 2.66. The molecule has 0 atom stereocenters. The van der Waals surface area contributed by atoms with E-state index in [1.807, 2.05) is 30.3 Å². The summed E-state index contributed by atoms with van der Waals surface area (Å²) in [4.78, 5) is 28.6. The van der Waals surface area contributed by atoms with Gasteiger partial charge in [-0.2, -0.15) is 0 Å². The molecule has 7 nitrogen and oxygen atoms in total. The zero-order chi connectivity index (χ0) is 19.4. The maximum absolute atomic E-state index is 12.4. The molecule has 0 bridgehead atoms. The van der Waals surface area contributed by atoms with Crippen molar-refractivity contribution in [2.45, 2.75) is 44.7 Å². The average molecular weight is 388 g/mol. The Morgan fingerprint density at radius 3 is 2.59 bits per heavy atom. The second-order valence-corrected chi connectivity index (χ2v) is 7.30. The lowest BCUT2D eigenvalue weighted by Gasteiger charge is -2.28. The van der Waals surface area contributed by atoms with Gasteiger partial charge in [-0.05, 0) is 30.6 Å². The van der Waals surface area contributed by atoms with Gasteiger partial charge in [0.2, 0.25) is 0 Å². The molecule has 144 valence electrons. The highest BCUT2D eigenvalue weighted by molar-refractivity contribution is 7.80. The molecule has 8 heteroatoms. The Morgan fingerprint density at radius 1 is 1.26 bits per heavy atom. The van der Waals surface area contributed by atoms with Gasteiger partial charge in [-0.1, -0.05) is 49.6 Å². The largest absolute Gasteiger partial charge is 0.383 e. The van der Waals surface area contributed by atoms with E-state index in [-0.39, 0.29) is 18.1 Å². The maximum Gasteiger partial charge on any atom is 0.330 e. The predicted molar refractivity (Wildman–Crippen MR) is 112 cm³/mol. The van der Waals surface area contributed by atoms with Gasteiger partial charge in [0.1, 0.15) is 11.5 Å². The monoisotopic (exact) mass is 387 g/mol. The van der Waals surface area contributed by atoms with Crippen LogP contribution in [0.2, 0.25) is 0 Å². The quantitative estimate of drug-likeness (QED) is 0.693. The topological polar surface area (TPSA) is 96.2 Å². The fourth-order valence-corrected chi connectivity index (χ4v) is 3.70. The van der Waals surface area contributed by atoms with Crippen molar-refractivity contribution in [3.8, 4) is 0 Å². The molecule has 0 spiro atoms. The molecule has 1 aromatic carbocycles. The summed E-state index contributed by atoms with van der Waals surface area (Å²) in [5.74, 6) is 0.0999. The molecule has 1 heterocycles. The Labute approximate surface area is 163 Å². The lowest BCUT2D eigenvalue weighted by molar-refractivity contribution is 0.413. The number of rotatable bonds is 4. The van der Waals surface area contributed by atoms with Crippen LogP contribution in [-0.2, 0) is 6.54 Å². The molecular weight excluding hydrogens is 362 g/mol. The first-order chi connectivity index (χ1) is 13.0. The van der Waals surface area contributed by atoms with E-state index in [1.54, 1.807) is 11.9 Å². The SMILES string of the molecule is CN(C(=S)NC1CCCCC1)c1c(N)n(Cc2ccccc2)c(=O)[nH]c1=O. The molecule has 0 saturated heterocycles. The first-order valence-electron chi connectivity index (χ1n) is 9.18. The van der Waals surface area contributed by atoms with Crippen LogP contribution in [0.15, 0.2) is 39.9 Å². The van der Waals surface area contributed by atoms with Gasteiger partial charge in [-0.25, -0.2) is 4.79 Å². The molecule has 27 heavy (non-hydrogen) atoms. The highest BCUT2D eigenvalue weighted by atomic mass is 32.1. The number of hydrogen-bond acceptors (Lipinski definition) is 4. The number of H-pyrrole nitrogens is 1. The first-order valence-corrected chi connectivity index (χ1v) is 9.59. The van der Waals surface area contributed by atoms with Crippen LogP contribution in [0, 0.1) is 0 Å². The third-order valence-electron chi connectivity index (χ3n) is 4.97. The summed E-state index contributed by atoms with van der Waals surface area (Å²) in [6.45, 7) is 0.270. The van der Waals surface area contributed by atoms with Gasteiger partial charge in [-0.15, -0.1) is 0 Å². The zero-order valence-corrected chi connectivity index (χ0v) is 16.2. The van der Waals surface area contributed by atoms with Crippen LogP contribution in [0.5, 0.6) is 0 Å². The Bertz CT molecular complexity index is 916. The fraction of sp³-hybridized carbons (Fsp3) is 0.421. The van der Waals surface area contributed by atoms with Crippen LogP contribution >= 0.6 is 12.2 Å². The molecule has 2 aromatic rings. The standard InChI is InChI=1S/C19H25N5O2S/c1-23(19(27)21-14-10-6-3-7-11-14)15-16(20)24(18(26)22-17(15)25)12-13-8-4-2-5-9-13/h2,4-5,8-9,14H,3,6-7,10-12,20H2,1H3,(H,21,27)(H,22,25,26). The van der Waals surface area contributed by atoms with Crippen molar-refractivity contribution in [3.63, 3.8) is 0 Å². The number of hydrogen-bond donors (Lipinski definition) is 3. The summed E-state index contributed by atoms with van der Waals surface area (Å²) < 4.78 is 1.35. The van der Waals surface area contributed by atoms with Crippen LogP contribution in [0.4, 0.5) is 11.5 Å². The first kappa shape index (κ1) is 19.2. The Balaban J connectivity index is 1.87. The number of aromatic amines is 1. The molecule has 1 saturated carbocycles. The Morgan fingerprint density at radius 2 is 1.93 bits per heavy atom. The van der Waals surface area contributed by atoms with Crippen molar-refractivity contribution in [3.05, 3.63) is 56.7 Å². The van der Waals surface area contributed by atoms with E-state index in [4.69, 9.17) is 18.0 Å². The minimum absolute atomic E-state index is 0.0999. The van der Waals surface area contributed by atoms with E-state index in [9.17, 15) is 9.59 Å². The summed E-state index contributed by atoms with van der Waals surface area (Å²) in [5, 5.41) is 3.75. The molecule has 0 amide bonds. The molecule has 0 radical (unpaired) electrons.